The SMILES string of the molecule is CCC(CC)(CC)n1cc(C)[nH]c1=S. The van der Waals surface area contributed by atoms with Crippen LogP contribution in [0.5, 0.6) is 0 Å². The van der Waals surface area contributed by atoms with E-state index in [1.54, 1.807) is 0 Å². The van der Waals surface area contributed by atoms with Crippen molar-refractivity contribution in [2.75, 3.05) is 0 Å². The van der Waals surface area contributed by atoms with Gasteiger partial charge in [-0.3, -0.25) is 0 Å². The van der Waals surface area contributed by atoms with Gasteiger partial charge in [0, 0.05) is 17.4 Å². The minimum atomic E-state index is 0.210. The third-order valence-electron chi connectivity index (χ3n) is 3.33. The number of aryl methyl sites for hydroxylation is 1. The molecule has 0 aliphatic heterocycles. The van der Waals surface area contributed by atoms with E-state index in [2.05, 4.69) is 43.4 Å². The number of nitrogens with zero attached hydrogens (tertiary/aromatic N) is 1. The van der Waals surface area contributed by atoms with E-state index >= 15 is 0 Å². The van der Waals surface area contributed by atoms with Crippen molar-refractivity contribution in [2.24, 2.45) is 0 Å². The van der Waals surface area contributed by atoms with Crippen LogP contribution in [-0.2, 0) is 5.54 Å². The minimum Gasteiger partial charge on any atom is -0.335 e. The molecule has 2 nitrogen and oxygen atoms in total. The third-order valence-corrected chi connectivity index (χ3v) is 3.63. The Kier molecular flexibility index (Phi) is 3.53. The largest absolute Gasteiger partial charge is 0.335 e. The molecule has 0 bridgehead atoms. The molecule has 1 aromatic heterocycles. The molecule has 0 saturated carbocycles. The lowest BCUT2D eigenvalue weighted by Gasteiger charge is -2.32. The van der Waals surface area contributed by atoms with E-state index in [4.69, 9.17) is 12.2 Å². The number of H-pyrrole nitrogens is 1. The monoisotopic (exact) mass is 212 g/mol. The zero-order chi connectivity index (χ0) is 10.8. The summed E-state index contributed by atoms with van der Waals surface area (Å²) in [4.78, 5) is 3.19. The minimum absolute atomic E-state index is 0.210. The fourth-order valence-electron chi connectivity index (χ4n) is 2.13. The summed E-state index contributed by atoms with van der Waals surface area (Å²) in [6.45, 7) is 8.75. The highest BCUT2D eigenvalue weighted by Gasteiger charge is 2.26. The standard InChI is InChI=1S/C11H20N2S/c1-5-11(6-2,7-3)13-8-9(4)12-10(13)14/h8H,5-7H2,1-4H3,(H,12,14). The highest BCUT2D eigenvalue weighted by molar-refractivity contribution is 7.71. The van der Waals surface area contributed by atoms with Crippen LogP contribution in [0, 0.1) is 11.7 Å². The number of nitrogens with one attached hydrogen (secondary N) is 1. The molecule has 1 aromatic rings. The van der Waals surface area contributed by atoms with Crippen LogP contribution in [0.25, 0.3) is 0 Å². The van der Waals surface area contributed by atoms with Gasteiger partial charge in [-0.25, -0.2) is 0 Å². The molecule has 0 spiro atoms. The molecule has 3 heteroatoms. The second-order valence-corrected chi connectivity index (χ2v) is 4.28. The first-order valence-electron chi connectivity index (χ1n) is 5.38. The highest BCUT2D eigenvalue weighted by atomic mass is 32.1. The van der Waals surface area contributed by atoms with E-state index < -0.39 is 0 Å². The summed E-state index contributed by atoms with van der Waals surface area (Å²) in [5, 5.41) is 0. The topological polar surface area (TPSA) is 20.7 Å². The maximum absolute atomic E-state index is 5.33. The Morgan fingerprint density at radius 3 is 2.07 bits per heavy atom. The Bertz CT molecular complexity index is 336. The Morgan fingerprint density at radius 1 is 1.29 bits per heavy atom. The fraction of sp³-hybridized carbons (Fsp3) is 0.727. The molecule has 1 heterocycles. The fourth-order valence-corrected chi connectivity index (χ4v) is 2.53. The number of hydrogen-bond donors (Lipinski definition) is 1. The second kappa shape index (κ2) is 4.30. The molecule has 0 aliphatic carbocycles. The molecular formula is C11H20N2S. The lowest BCUT2D eigenvalue weighted by Crippen LogP contribution is -2.31. The van der Waals surface area contributed by atoms with E-state index in [1.165, 1.54) is 0 Å². The van der Waals surface area contributed by atoms with Gasteiger partial charge in [-0.2, -0.15) is 0 Å². The van der Waals surface area contributed by atoms with Gasteiger partial charge in [0.05, 0.1) is 0 Å². The maximum atomic E-state index is 5.33. The van der Waals surface area contributed by atoms with Crippen LogP contribution in [0.2, 0.25) is 0 Å². The number of imidazole rings is 1. The summed E-state index contributed by atoms with van der Waals surface area (Å²) < 4.78 is 3.09. The Balaban J connectivity index is 3.23. The maximum Gasteiger partial charge on any atom is 0.177 e. The highest BCUT2D eigenvalue weighted by Crippen LogP contribution is 2.29. The zero-order valence-corrected chi connectivity index (χ0v) is 10.4. The van der Waals surface area contributed by atoms with Crippen molar-refractivity contribution in [3.8, 4) is 0 Å². The summed E-state index contributed by atoms with van der Waals surface area (Å²) in [6, 6.07) is 0. The van der Waals surface area contributed by atoms with Crippen LogP contribution >= 0.6 is 12.2 Å². The van der Waals surface area contributed by atoms with Crippen LogP contribution in [-0.4, -0.2) is 9.55 Å². The van der Waals surface area contributed by atoms with Crippen LogP contribution in [0.1, 0.15) is 45.7 Å². The second-order valence-electron chi connectivity index (χ2n) is 3.90. The van der Waals surface area contributed by atoms with E-state index in [0.29, 0.717) is 0 Å². The molecular weight excluding hydrogens is 192 g/mol. The van der Waals surface area contributed by atoms with Crippen LogP contribution in [0.4, 0.5) is 0 Å². The summed E-state index contributed by atoms with van der Waals surface area (Å²) >= 11 is 5.33. The first-order chi connectivity index (χ1) is 6.59. The number of aromatic nitrogens is 2. The Labute approximate surface area is 91.3 Å². The lowest BCUT2D eigenvalue weighted by atomic mass is 9.89. The quantitative estimate of drug-likeness (QED) is 0.753. The van der Waals surface area contributed by atoms with E-state index in [9.17, 15) is 0 Å². The predicted octanol–water partition coefficient (Wildman–Crippen LogP) is 3.78. The van der Waals surface area contributed by atoms with Crippen molar-refractivity contribution in [2.45, 2.75) is 52.5 Å². The van der Waals surface area contributed by atoms with E-state index in [1.807, 2.05) is 0 Å². The number of aromatic amines is 1. The zero-order valence-electron chi connectivity index (χ0n) is 9.55. The summed E-state index contributed by atoms with van der Waals surface area (Å²) in [7, 11) is 0. The summed E-state index contributed by atoms with van der Waals surface area (Å²) in [5.41, 5.74) is 1.36. The van der Waals surface area contributed by atoms with Crippen LogP contribution in [0.15, 0.2) is 6.20 Å². The summed E-state index contributed by atoms with van der Waals surface area (Å²) in [5.74, 6) is 0. The lowest BCUT2D eigenvalue weighted by molar-refractivity contribution is 0.247. The van der Waals surface area contributed by atoms with Gasteiger partial charge in [0.2, 0.25) is 0 Å². The van der Waals surface area contributed by atoms with Crippen molar-refractivity contribution in [3.05, 3.63) is 16.7 Å². The van der Waals surface area contributed by atoms with Gasteiger partial charge in [0.15, 0.2) is 4.77 Å². The van der Waals surface area contributed by atoms with Crippen LogP contribution < -0.4 is 0 Å². The van der Waals surface area contributed by atoms with Crippen molar-refractivity contribution < 1.29 is 0 Å². The van der Waals surface area contributed by atoms with Gasteiger partial charge in [0.1, 0.15) is 0 Å². The van der Waals surface area contributed by atoms with Crippen molar-refractivity contribution >= 4 is 12.2 Å². The Hall–Kier alpha value is -0.570. The molecule has 0 saturated heterocycles. The smallest absolute Gasteiger partial charge is 0.177 e. The average Bonchev–Trinajstić information content (AvgIpc) is 2.51. The molecule has 80 valence electrons. The van der Waals surface area contributed by atoms with Crippen molar-refractivity contribution in [1.29, 1.82) is 0 Å². The number of rotatable bonds is 4. The molecule has 0 amide bonds. The van der Waals surface area contributed by atoms with E-state index in [-0.39, 0.29) is 5.54 Å². The molecule has 0 radical (unpaired) electrons. The summed E-state index contributed by atoms with van der Waals surface area (Å²) in [6.07, 6.45) is 5.53. The molecule has 0 unspecified atom stereocenters. The predicted molar refractivity (Wildman–Crippen MR) is 63.2 cm³/mol. The van der Waals surface area contributed by atoms with E-state index in [0.717, 1.165) is 29.7 Å². The first kappa shape index (κ1) is 11.5. The van der Waals surface area contributed by atoms with Gasteiger partial charge in [0.25, 0.3) is 0 Å². The van der Waals surface area contributed by atoms with Gasteiger partial charge < -0.3 is 9.55 Å². The molecule has 0 atom stereocenters. The normalized spacial score (nSPS) is 12.0. The average molecular weight is 212 g/mol. The first-order valence-corrected chi connectivity index (χ1v) is 5.79. The van der Waals surface area contributed by atoms with Gasteiger partial charge >= 0.3 is 0 Å². The Morgan fingerprint density at radius 2 is 1.79 bits per heavy atom. The van der Waals surface area contributed by atoms with Crippen molar-refractivity contribution in [1.82, 2.24) is 9.55 Å². The van der Waals surface area contributed by atoms with Gasteiger partial charge in [-0.1, -0.05) is 20.8 Å². The van der Waals surface area contributed by atoms with Crippen LogP contribution in [0.3, 0.4) is 0 Å². The van der Waals surface area contributed by atoms with Gasteiger partial charge in [-0.15, -0.1) is 0 Å². The van der Waals surface area contributed by atoms with Gasteiger partial charge in [-0.05, 0) is 38.4 Å². The molecule has 1 rings (SSSR count). The molecule has 1 N–H and O–H groups in total. The number of hydrogen-bond acceptors (Lipinski definition) is 1. The molecule has 0 aromatic carbocycles. The molecule has 14 heavy (non-hydrogen) atoms. The van der Waals surface area contributed by atoms with Crippen molar-refractivity contribution in [3.63, 3.8) is 0 Å². The third kappa shape index (κ3) is 1.78. The molecule has 0 aliphatic rings. The molecule has 0 fully saturated rings.